The molecule has 8 rings (SSSR count). The second-order valence-electron chi connectivity index (χ2n) is 23.6. The summed E-state index contributed by atoms with van der Waals surface area (Å²) >= 11 is 16.0. The number of aliphatic carboxylic acids is 5. The third kappa shape index (κ3) is 16.6. The minimum absolute atomic E-state index is 0.00260. The van der Waals surface area contributed by atoms with E-state index in [1.165, 1.54) is 22.4 Å². The van der Waals surface area contributed by atoms with E-state index < -0.39 is 145 Å². The van der Waals surface area contributed by atoms with Crippen LogP contribution in [0.3, 0.4) is 0 Å². The summed E-state index contributed by atoms with van der Waals surface area (Å²) in [6.45, 7) is 6.32. The summed E-state index contributed by atoms with van der Waals surface area (Å²) in [5.74, 6) is -15.0. The summed E-state index contributed by atoms with van der Waals surface area (Å²) in [6.07, 6.45) is 1.61. The maximum Gasteiger partial charge on any atom is 0.352 e. The topological polar surface area (TPSA) is 528 Å². The number of carbonyl (C=O) groups excluding carboxylic acids is 5. The van der Waals surface area contributed by atoms with Gasteiger partial charge in [0.05, 0.1) is 40.8 Å². The first-order valence-corrected chi connectivity index (χ1v) is 34.0. The van der Waals surface area contributed by atoms with E-state index in [4.69, 9.17) is 44.3 Å². The maximum atomic E-state index is 14.7. The van der Waals surface area contributed by atoms with E-state index in [1.807, 2.05) is 0 Å². The Bertz CT molecular complexity index is 4040. The van der Waals surface area contributed by atoms with Crippen molar-refractivity contribution >= 4 is 150 Å². The number of nitrogens with two attached hydrogens (primary N) is 2. The number of oxime groups is 2. The Kier molecular flexibility index (Phi) is 23.3. The van der Waals surface area contributed by atoms with Gasteiger partial charge in [-0.05, 0) is 64.0 Å². The molecule has 34 nitrogen and oxygen atoms in total. The van der Waals surface area contributed by atoms with Crippen LogP contribution >= 0.6 is 69.4 Å². The Morgan fingerprint density at radius 2 is 1.38 bits per heavy atom. The number of thioether (sulfide) groups is 2. The van der Waals surface area contributed by atoms with E-state index in [9.17, 15) is 93.9 Å². The fourth-order valence-electron chi connectivity index (χ4n) is 10.6. The van der Waals surface area contributed by atoms with Gasteiger partial charge in [-0.2, -0.15) is 0 Å². The van der Waals surface area contributed by atoms with E-state index in [1.54, 1.807) is 0 Å². The lowest BCUT2D eigenvalue weighted by atomic mass is 10.0. The van der Waals surface area contributed by atoms with Crippen molar-refractivity contribution in [2.75, 3.05) is 68.8 Å². The van der Waals surface area contributed by atoms with Crippen LogP contribution < -0.4 is 32.7 Å². The van der Waals surface area contributed by atoms with E-state index >= 15 is 0 Å². The number of nitrogens with zero attached hydrogens (tertiary/aromatic N) is 7. The number of nitrogen functional groups attached to an aromatic ring is 2. The predicted octanol–water partition coefficient (Wildman–Crippen LogP) is 2.58. The number of likely N-dealkylation sites (tertiary alicyclic amines) is 1. The van der Waals surface area contributed by atoms with Crippen molar-refractivity contribution in [2.45, 2.75) is 93.8 Å². The van der Waals surface area contributed by atoms with Gasteiger partial charge in [0.2, 0.25) is 11.2 Å². The summed E-state index contributed by atoms with van der Waals surface area (Å²) in [4.78, 5) is 154. The number of fused-ring (bicyclic) bond motifs is 1. The zero-order valence-corrected chi connectivity index (χ0v) is 57.0. The standard InChI is InChI=1S/C58H65Cl2N13O21S4/c1-57(2,53(89)90)93-69-35(28-23-97-55(61)64-28)44(79)65-38(51(85)86)46-67-34(50(83)84)24(21-95-46)19-31-36(68-56(62)98-31)37(70-94-58(3,4)54(91)92)45(80)66-39-48(82)72-40(52(87)88)25(22-96-49(39)72)20-73(16-5-6-17-73)18-8-15-71(47(81)27-10-12-30(75)42(77)33(27)60)14-7-13-63-43(78)26-9-11-29(74)41(76)32(26)59/h9-12,23,38-39,46,49,67H,5-8,13-22H2,1-4H3,(H15-,61,62,63,64,65,66,68,69,70,74,75,76,77,78,79,80,81,83,84,85,86,87,88,89,90,91,92)/p+1/t38-,39+,46+,49+/m0/s1. The molecule has 4 aliphatic rings. The molecule has 40 heteroatoms. The minimum atomic E-state index is -2.11. The van der Waals surface area contributed by atoms with Gasteiger partial charge in [0, 0.05) is 72.7 Å². The summed E-state index contributed by atoms with van der Waals surface area (Å²) < 4.78 is 0.348. The van der Waals surface area contributed by atoms with Gasteiger partial charge in [-0.25, -0.2) is 33.9 Å². The van der Waals surface area contributed by atoms with Crippen LogP contribution in [0.2, 0.25) is 10.0 Å². The number of aromatic hydroxyl groups is 4. The van der Waals surface area contributed by atoms with Gasteiger partial charge < -0.3 is 97.8 Å². The number of carboxylic acid groups (broad SMARTS) is 5. The van der Waals surface area contributed by atoms with Crippen molar-refractivity contribution in [3.63, 3.8) is 0 Å². The van der Waals surface area contributed by atoms with Crippen LogP contribution in [0.4, 0.5) is 10.3 Å². The number of hydrogen-bond acceptors (Lipinski definition) is 27. The number of rotatable bonds is 30. The van der Waals surface area contributed by atoms with Crippen LogP contribution in [0, 0.1) is 0 Å². The van der Waals surface area contributed by atoms with Crippen LogP contribution in [0.25, 0.3) is 0 Å². The third-order valence-corrected chi connectivity index (χ3v) is 20.8. The third-order valence-electron chi connectivity index (χ3n) is 15.9. The van der Waals surface area contributed by atoms with Crippen molar-refractivity contribution < 1.29 is 108 Å². The lowest BCUT2D eigenvalue weighted by molar-refractivity contribution is -0.912. The number of hydrogen-bond donors (Lipinski definition) is 15. The summed E-state index contributed by atoms with van der Waals surface area (Å²) in [5.41, 5.74) is 5.22. The fraction of sp³-hybridized carbons (Fsp3) is 0.414. The van der Waals surface area contributed by atoms with Gasteiger partial charge in [-0.3, -0.25) is 28.9 Å². The molecule has 5 amide bonds. The quantitative estimate of drug-likeness (QED) is 0.00891. The molecule has 0 radical (unpaired) electrons. The number of thiazole rings is 2. The number of nitrogens with one attached hydrogen (secondary N) is 4. The molecule has 98 heavy (non-hydrogen) atoms. The molecule has 4 aliphatic heterocycles. The highest BCUT2D eigenvalue weighted by molar-refractivity contribution is 8.00. The zero-order valence-electron chi connectivity index (χ0n) is 52.2. The van der Waals surface area contributed by atoms with Crippen LogP contribution in [0.5, 0.6) is 23.0 Å². The van der Waals surface area contributed by atoms with Crippen molar-refractivity contribution in [2.24, 2.45) is 10.3 Å². The molecule has 6 heterocycles. The monoisotopic (exact) mass is 1480 g/mol. The normalized spacial score (nSPS) is 18.2. The van der Waals surface area contributed by atoms with E-state index in [0.717, 1.165) is 104 Å². The molecule has 4 aromatic rings. The van der Waals surface area contributed by atoms with Crippen molar-refractivity contribution in [3.05, 3.63) is 89.6 Å². The summed E-state index contributed by atoms with van der Waals surface area (Å²) in [7, 11) is 0. The fourth-order valence-corrected chi connectivity index (χ4v) is 15.1. The first kappa shape index (κ1) is 74.5. The number of phenolic OH excluding ortho intramolecular Hbond substituents is 4. The Balaban J connectivity index is 0.986. The SMILES string of the molecule is CC(C)(O/N=C(\C(=O)N[C@H](C(=O)O)[C@@H]1NC(C(=O)O)=C(Cc2sc(N)nc2/C(=N/OC(C)(C)C(=O)O)C(=O)N[C@@H]2C(=O)N3C(C(=O)O)=C(C[N+]4(CCCN(CCCNC(=O)c5ccc(O)c(O)c5Cl)C(=O)c5ccc(O)c(O)c5Cl)CCCC4)CS[C@H]23)CS1)c1csc(N)n1)C(=O)O. The summed E-state index contributed by atoms with van der Waals surface area (Å²) in [6, 6.07) is 1.30. The molecule has 0 unspecified atom stereocenters. The molecular weight excluding hydrogens is 1410 g/mol. The first-order valence-electron chi connectivity index (χ1n) is 29.4. The number of benzene rings is 2. The Morgan fingerprint density at radius 3 is 1.96 bits per heavy atom. The number of aromatic nitrogens is 2. The number of β-lactam (4-membered cyclic amide) rings is 1. The zero-order chi connectivity index (χ0) is 72.0. The Hall–Kier alpha value is -9.34. The molecule has 0 aliphatic carbocycles. The highest BCUT2D eigenvalue weighted by Gasteiger charge is 2.56. The molecule has 17 N–H and O–H groups in total. The van der Waals surface area contributed by atoms with E-state index in [2.05, 4.69) is 41.5 Å². The molecular formula is C58H66Cl2N13O21S4+. The van der Waals surface area contributed by atoms with Gasteiger partial charge in [0.1, 0.15) is 46.1 Å². The van der Waals surface area contributed by atoms with E-state index in [0.29, 0.717) is 36.1 Å². The highest BCUT2D eigenvalue weighted by atomic mass is 35.5. The average molecular weight is 1480 g/mol. The van der Waals surface area contributed by atoms with Crippen molar-refractivity contribution in [1.29, 1.82) is 0 Å². The molecule has 2 fully saturated rings. The lowest BCUT2D eigenvalue weighted by Gasteiger charge is -2.50. The Morgan fingerprint density at radius 1 is 0.786 bits per heavy atom. The minimum Gasteiger partial charge on any atom is -0.504 e. The average Bonchev–Trinajstić information content (AvgIpc) is 0.742. The van der Waals surface area contributed by atoms with Crippen LogP contribution in [-0.2, 0) is 54.5 Å². The number of amides is 5. The van der Waals surface area contributed by atoms with Gasteiger partial charge in [0.15, 0.2) is 50.7 Å². The van der Waals surface area contributed by atoms with Gasteiger partial charge in [0.25, 0.3) is 29.5 Å². The van der Waals surface area contributed by atoms with Gasteiger partial charge in [-0.1, -0.05) is 33.5 Å². The molecule has 0 spiro atoms. The second-order valence-corrected chi connectivity index (χ2v) is 28.6. The number of carboxylic acids is 5. The number of quaternary nitrogens is 1. The second kappa shape index (κ2) is 30.6. The van der Waals surface area contributed by atoms with Crippen molar-refractivity contribution in [1.82, 2.24) is 41.0 Å². The molecule has 2 aromatic carbocycles. The number of phenols is 4. The molecule has 0 saturated carbocycles. The van der Waals surface area contributed by atoms with Crippen LogP contribution in [0.15, 0.2) is 62.5 Å². The highest BCUT2D eigenvalue weighted by Crippen LogP contribution is 2.43. The molecule has 526 valence electrons. The molecule has 2 saturated heterocycles. The number of halogens is 2. The van der Waals surface area contributed by atoms with Gasteiger partial charge in [-0.15, -0.1) is 46.2 Å². The van der Waals surface area contributed by atoms with Crippen molar-refractivity contribution in [3.8, 4) is 23.0 Å². The van der Waals surface area contributed by atoms with Gasteiger partial charge >= 0.3 is 29.8 Å². The molecule has 4 atom stereocenters. The number of anilines is 2. The number of carbonyl (C=O) groups is 10. The Labute approximate surface area is 581 Å². The first-order chi connectivity index (χ1) is 46.1. The summed E-state index contributed by atoms with van der Waals surface area (Å²) in [5, 5.41) is 107. The molecule has 0 bridgehead atoms. The van der Waals surface area contributed by atoms with E-state index in [-0.39, 0.29) is 98.1 Å². The smallest absolute Gasteiger partial charge is 0.352 e. The lowest BCUT2D eigenvalue weighted by Crippen LogP contribution is -2.71. The van der Waals surface area contributed by atoms with Crippen LogP contribution in [-0.4, -0.2) is 232 Å². The largest absolute Gasteiger partial charge is 0.504 e. The molecule has 2 aromatic heterocycles. The van der Waals surface area contributed by atoms with Crippen LogP contribution in [0.1, 0.15) is 90.4 Å². The predicted molar refractivity (Wildman–Crippen MR) is 355 cm³/mol. The maximum absolute atomic E-state index is 14.7.